The second-order valence-corrected chi connectivity index (χ2v) is 7.19. The molecule has 0 aliphatic carbocycles. The third-order valence-corrected chi connectivity index (χ3v) is 5.47. The molecule has 30 heavy (non-hydrogen) atoms. The fourth-order valence-corrected chi connectivity index (χ4v) is 4.14. The molecule has 0 saturated carbocycles. The molecule has 1 aliphatic rings. The van der Waals surface area contributed by atoms with Crippen LogP contribution in [0.3, 0.4) is 0 Å². The van der Waals surface area contributed by atoms with Gasteiger partial charge in [-0.05, 0) is 23.3 Å². The summed E-state index contributed by atoms with van der Waals surface area (Å²) in [5.41, 5.74) is 8.07. The Balaban J connectivity index is 2.05. The summed E-state index contributed by atoms with van der Waals surface area (Å²) in [5, 5.41) is 3.54. The number of carbonyl (C=O) groups excluding carboxylic acids is 2. The first kappa shape index (κ1) is 19.5. The third-order valence-electron chi connectivity index (χ3n) is 5.47. The molecule has 1 aliphatic heterocycles. The lowest BCUT2D eigenvalue weighted by atomic mass is 9.71. The first-order valence-corrected chi connectivity index (χ1v) is 9.65. The van der Waals surface area contributed by atoms with Crippen LogP contribution in [0.15, 0.2) is 91.0 Å². The first-order chi connectivity index (χ1) is 14.6. The maximum atomic E-state index is 13.2. The van der Waals surface area contributed by atoms with E-state index in [0.717, 1.165) is 16.8 Å². The highest BCUT2D eigenvalue weighted by Gasteiger charge is 2.47. The summed E-state index contributed by atoms with van der Waals surface area (Å²) >= 11 is 0. The van der Waals surface area contributed by atoms with E-state index < -0.39 is 23.3 Å². The van der Waals surface area contributed by atoms with Crippen LogP contribution in [0.2, 0.25) is 0 Å². The van der Waals surface area contributed by atoms with Crippen molar-refractivity contribution in [2.45, 2.75) is 11.5 Å². The number of rotatable bonds is 5. The van der Waals surface area contributed by atoms with Gasteiger partial charge in [-0.25, -0.2) is 0 Å². The quantitative estimate of drug-likeness (QED) is 0.640. The molecule has 1 heterocycles. The van der Waals surface area contributed by atoms with Gasteiger partial charge in [-0.3, -0.25) is 9.59 Å². The van der Waals surface area contributed by atoms with E-state index in [9.17, 15) is 9.59 Å². The fraction of sp³-hybridized carbons (Fsp3) is 0.120. The Bertz CT molecular complexity index is 1110. The van der Waals surface area contributed by atoms with Crippen molar-refractivity contribution in [1.29, 1.82) is 0 Å². The van der Waals surface area contributed by atoms with Gasteiger partial charge in [0.05, 0.1) is 12.6 Å². The molecule has 3 aromatic rings. The third kappa shape index (κ3) is 3.24. The number of ether oxygens (including phenoxy) is 1. The number of carbonyl (C=O) groups is 2. The normalized spacial score (nSPS) is 18.4. The molecule has 4 rings (SSSR count). The standard InChI is InChI=1S/C25H22N2O3/c1-30-24(29)22(17-10-4-2-5-11-17)25(18-12-6-3-7-13-18)16-20(23(26)28)19-14-8-9-15-21(19)27-25/h2-16,22,27H,1H3,(H2,26,28). The Hall–Kier alpha value is -3.86. The monoisotopic (exact) mass is 398 g/mol. The van der Waals surface area contributed by atoms with Crippen molar-refractivity contribution in [3.8, 4) is 0 Å². The lowest BCUT2D eigenvalue weighted by Gasteiger charge is -2.42. The molecular weight excluding hydrogens is 376 g/mol. The SMILES string of the molecule is COC(=O)C(c1ccccc1)C1(c2ccccc2)C=C(C(N)=O)c2ccccc2N1. The summed E-state index contributed by atoms with van der Waals surface area (Å²) in [6.07, 6.45) is 1.77. The van der Waals surface area contributed by atoms with E-state index in [-0.39, 0.29) is 0 Å². The lowest BCUT2D eigenvalue weighted by Crippen LogP contribution is -2.46. The number of amides is 1. The van der Waals surface area contributed by atoms with Crippen molar-refractivity contribution < 1.29 is 14.3 Å². The van der Waals surface area contributed by atoms with Gasteiger partial charge >= 0.3 is 5.97 Å². The predicted octanol–water partition coefficient (Wildman–Crippen LogP) is 3.83. The van der Waals surface area contributed by atoms with Gasteiger partial charge in [0.25, 0.3) is 0 Å². The van der Waals surface area contributed by atoms with Crippen LogP contribution in [0.25, 0.3) is 5.57 Å². The first-order valence-electron chi connectivity index (χ1n) is 9.65. The van der Waals surface area contributed by atoms with Crippen molar-refractivity contribution >= 4 is 23.1 Å². The van der Waals surface area contributed by atoms with Crippen LogP contribution in [0, 0.1) is 0 Å². The predicted molar refractivity (Wildman–Crippen MR) is 117 cm³/mol. The topological polar surface area (TPSA) is 81.4 Å². The van der Waals surface area contributed by atoms with E-state index in [1.165, 1.54) is 7.11 Å². The Morgan fingerprint density at radius 2 is 1.50 bits per heavy atom. The minimum absolute atomic E-state index is 0.359. The zero-order valence-corrected chi connectivity index (χ0v) is 16.5. The van der Waals surface area contributed by atoms with Crippen molar-refractivity contribution in [3.63, 3.8) is 0 Å². The molecule has 0 radical (unpaired) electrons. The molecule has 5 nitrogen and oxygen atoms in total. The minimum atomic E-state index is -1.07. The second-order valence-electron chi connectivity index (χ2n) is 7.19. The van der Waals surface area contributed by atoms with Crippen molar-refractivity contribution in [1.82, 2.24) is 0 Å². The Kier molecular flexibility index (Phi) is 5.11. The second kappa shape index (κ2) is 7.87. The summed E-state index contributed by atoms with van der Waals surface area (Å²) in [7, 11) is 1.37. The number of benzene rings is 3. The van der Waals surface area contributed by atoms with Gasteiger partial charge in [0.15, 0.2) is 0 Å². The van der Waals surface area contributed by atoms with Crippen molar-refractivity contribution in [2.75, 3.05) is 12.4 Å². The van der Waals surface area contributed by atoms with Crippen LogP contribution >= 0.6 is 0 Å². The van der Waals surface area contributed by atoms with Gasteiger partial charge < -0.3 is 15.8 Å². The van der Waals surface area contributed by atoms with Crippen LogP contribution in [0.5, 0.6) is 0 Å². The number of esters is 1. The van der Waals surface area contributed by atoms with Gasteiger partial charge in [0.1, 0.15) is 5.92 Å². The maximum Gasteiger partial charge on any atom is 0.316 e. The maximum absolute atomic E-state index is 13.2. The Labute approximate surface area is 175 Å². The lowest BCUT2D eigenvalue weighted by molar-refractivity contribution is -0.143. The molecule has 3 aromatic carbocycles. The smallest absolute Gasteiger partial charge is 0.316 e. The summed E-state index contributed by atoms with van der Waals surface area (Å²) in [5.74, 6) is -1.73. The van der Waals surface area contributed by atoms with Crippen LogP contribution in [-0.4, -0.2) is 19.0 Å². The van der Waals surface area contributed by atoms with Crippen LogP contribution < -0.4 is 11.1 Å². The molecule has 150 valence electrons. The van der Waals surface area contributed by atoms with E-state index in [4.69, 9.17) is 10.5 Å². The molecule has 1 amide bonds. The van der Waals surface area contributed by atoms with Gasteiger partial charge in [0.2, 0.25) is 5.91 Å². The highest BCUT2D eigenvalue weighted by atomic mass is 16.5. The van der Waals surface area contributed by atoms with E-state index in [0.29, 0.717) is 11.1 Å². The van der Waals surface area contributed by atoms with E-state index >= 15 is 0 Å². The summed E-state index contributed by atoms with van der Waals surface area (Å²) in [6.45, 7) is 0. The van der Waals surface area contributed by atoms with Crippen molar-refractivity contribution in [3.05, 3.63) is 108 Å². The van der Waals surface area contributed by atoms with Crippen LogP contribution in [0.4, 0.5) is 5.69 Å². The van der Waals surface area contributed by atoms with Crippen LogP contribution in [-0.2, 0) is 19.9 Å². The summed E-state index contributed by atoms with van der Waals surface area (Å²) in [6, 6.07) is 26.4. The number of para-hydroxylation sites is 1. The van der Waals surface area contributed by atoms with E-state index in [1.807, 2.05) is 84.9 Å². The Morgan fingerprint density at radius 3 is 2.13 bits per heavy atom. The average Bonchev–Trinajstić information content (AvgIpc) is 2.79. The Morgan fingerprint density at radius 1 is 0.900 bits per heavy atom. The minimum Gasteiger partial charge on any atom is -0.468 e. The molecule has 0 spiro atoms. The number of anilines is 1. The highest BCUT2D eigenvalue weighted by Crippen LogP contribution is 2.47. The van der Waals surface area contributed by atoms with E-state index in [1.54, 1.807) is 6.08 Å². The zero-order chi connectivity index (χ0) is 21.1. The summed E-state index contributed by atoms with van der Waals surface area (Å²) < 4.78 is 5.23. The highest BCUT2D eigenvalue weighted by molar-refractivity contribution is 6.21. The summed E-state index contributed by atoms with van der Waals surface area (Å²) in [4.78, 5) is 25.6. The molecule has 0 bridgehead atoms. The number of nitrogens with one attached hydrogen (secondary N) is 1. The van der Waals surface area contributed by atoms with Crippen molar-refractivity contribution in [2.24, 2.45) is 5.73 Å². The molecule has 0 saturated heterocycles. The molecule has 0 fully saturated rings. The number of fused-ring (bicyclic) bond motifs is 1. The number of hydrogen-bond acceptors (Lipinski definition) is 4. The van der Waals surface area contributed by atoms with Gasteiger partial charge in [0, 0.05) is 16.8 Å². The van der Waals surface area contributed by atoms with Gasteiger partial charge in [-0.1, -0.05) is 78.9 Å². The average molecular weight is 398 g/mol. The van der Waals surface area contributed by atoms with Crippen LogP contribution in [0.1, 0.15) is 22.6 Å². The van der Waals surface area contributed by atoms with Gasteiger partial charge in [-0.2, -0.15) is 0 Å². The fourth-order valence-electron chi connectivity index (χ4n) is 4.14. The molecule has 5 heteroatoms. The molecule has 2 atom stereocenters. The zero-order valence-electron chi connectivity index (χ0n) is 16.5. The van der Waals surface area contributed by atoms with E-state index in [2.05, 4.69) is 5.32 Å². The number of nitrogens with two attached hydrogens (primary N) is 1. The molecule has 3 N–H and O–H groups in total. The molecule has 2 unspecified atom stereocenters. The number of methoxy groups -OCH3 is 1. The largest absolute Gasteiger partial charge is 0.468 e. The molecule has 0 aromatic heterocycles. The number of primary amides is 1. The number of hydrogen-bond donors (Lipinski definition) is 2. The molecular formula is C25H22N2O3. The van der Waals surface area contributed by atoms with Gasteiger partial charge in [-0.15, -0.1) is 0 Å².